The molecule has 0 aliphatic carbocycles. The zero-order valence-corrected chi connectivity index (χ0v) is 15.8. The van der Waals surface area contributed by atoms with Crippen molar-refractivity contribution in [2.45, 2.75) is 26.2 Å². The number of piperidine rings is 1. The summed E-state index contributed by atoms with van der Waals surface area (Å²) in [5, 5.41) is 5.54. The van der Waals surface area contributed by atoms with Crippen LogP contribution in [0.15, 0.2) is 24.3 Å². The van der Waals surface area contributed by atoms with Crippen LogP contribution in [0.5, 0.6) is 0 Å². The number of rotatable bonds is 6. The van der Waals surface area contributed by atoms with Gasteiger partial charge in [-0.2, -0.15) is 0 Å². The van der Waals surface area contributed by atoms with Gasteiger partial charge in [0.2, 0.25) is 11.8 Å². The summed E-state index contributed by atoms with van der Waals surface area (Å²) in [5.74, 6) is -0.470. The van der Waals surface area contributed by atoms with Gasteiger partial charge in [-0.1, -0.05) is 13.0 Å². The molecule has 3 amide bonds. The zero-order valence-electron chi connectivity index (χ0n) is 15.0. The molecule has 1 atom stereocenters. The number of likely N-dealkylation sites (tertiary alicyclic amines) is 1. The number of nitrogens with zero attached hydrogens (tertiary/aromatic N) is 1. The van der Waals surface area contributed by atoms with Crippen LogP contribution >= 0.6 is 12.4 Å². The Morgan fingerprint density at radius 3 is 2.77 bits per heavy atom. The molecule has 144 valence electrons. The number of nitrogens with two attached hydrogens (primary N) is 1. The molecular weight excluding hydrogens is 356 g/mol. The van der Waals surface area contributed by atoms with Crippen LogP contribution < -0.4 is 16.4 Å². The van der Waals surface area contributed by atoms with Gasteiger partial charge in [-0.25, -0.2) is 0 Å². The molecule has 8 heteroatoms. The van der Waals surface area contributed by atoms with Crippen LogP contribution in [0.3, 0.4) is 0 Å². The summed E-state index contributed by atoms with van der Waals surface area (Å²) >= 11 is 0. The molecular formula is C18H27ClN4O3. The topological polar surface area (TPSA) is 105 Å². The smallest absolute Gasteiger partial charge is 0.253 e. The molecule has 1 saturated heterocycles. The van der Waals surface area contributed by atoms with E-state index in [-0.39, 0.29) is 36.0 Å². The largest absolute Gasteiger partial charge is 0.355 e. The Labute approximate surface area is 160 Å². The molecule has 1 unspecified atom stereocenters. The second kappa shape index (κ2) is 10.8. The van der Waals surface area contributed by atoms with Gasteiger partial charge < -0.3 is 21.3 Å². The van der Waals surface area contributed by atoms with Crippen molar-refractivity contribution >= 4 is 35.8 Å². The third kappa shape index (κ3) is 6.00. The minimum Gasteiger partial charge on any atom is -0.355 e. The highest BCUT2D eigenvalue weighted by atomic mass is 35.5. The number of benzene rings is 1. The molecule has 1 aliphatic rings. The van der Waals surface area contributed by atoms with E-state index in [1.165, 1.54) is 0 Å². The van der Waals surface area contributed by atoms with Crippen molar-refractivity contribution in [1.82, 2.24) is 10.2 Å². The maximum absolute atomic E-state index is 12.8. The number of carbonyl (C=O) groups is 3. The maximum atomic E-state index is 12.8. The second-order valence-corrected chi connectivity index (χ2v) is 6.15. The van der Waals surface area contributed by atoms with Crippen molar-refractivity contribution in [2.75, 3.05) is 31.5 Å². The van der Waals surface area contributed by atoms with Crippen LogP contribution in [-0.2, 0) is 9.59 Å². The Morgan fingerprint density at radius 1 is 1.31 bits per heavy atom. The molecule has 0 spiro atoms. The first kappa shape index (κ1) is 21.9. The van der Waals surface area contributed by atoms with Gasteiger partial charge in [0, 0.05) is 43.9 Å². The van der Waals surface area contributed by atoms with Crippen LogP contribution in [-0.4, -0.2) is 48.8 Å². The molecule has 1 aromatic rings. The Hall–Kier alpha value is -2.12. The number of hydrogen-bond donors (Lipinski definition) is 3. The molecule has 0 radical (unpaired) electrons. The van der Waals surface area contributed by atoms with Crippen molar-refractivity contribution in [2.24, 2.45) is 11.7 Å². The van der Waals surface area contributed by atoms with Gasteiger partial charge in [-0.15, -0.1) is 12.4 Å². The summed E-state index contributed by atoms with van der Waals surface area (Å²) in [6.07, 6.45) is 1.94. The van der Waals surface area contributed by atoms with E-state index >= 15 is 0 Å². The van der Waals surface area contributed by atoms with Gasteiger partial charge in [-0.05, 0) is 31.0 Å². The summed E-state index contributed by atoms with van der Waals surface area (Å²) in [6, 6.07) is 6.90. The lowest BCUT2D eigenvalue weighted by molar-refractivity contribution is -0.126. The van der Waals surface area contributed by atoms with E-state index in [0.29, 0.717) is 43.9 Å². The number of anilines is 1. The van der Waals surface area contributed by atoms with Gasteiger partial charge >= 0.3 is 0 Å². The van der Waals surface area contributed by atoms with Gasteiger partial charge in [-0.3, -0.25) is 14.4 Å². The van der Waals surface area contributed by atoms with Crippen molar-refractivity contribution in [3.8, 4) is 0 Å². The lowest BCUT2D eigenvalue weighted by atomic mass is 9.96. The van der Waals surface area contributed by atoms with Crippen molar-refractivity contribution < 1.29 is 14.4 Å². The van der Waals surface area contributed by atoms with Gasteiger partial charge in [0.1, 0.15) is 0 Å². The number of hydrogen-bond acceptors (Lipinski definition) is 4. The predicted molar refractivity (Wildman–Crippen MR) is 103 cm³/mol. The Morgan fingerprint density at radius 2 is 2.08 bits per heavy atom. The zero-order chi connectivity index (χ0) is 18.2. The SMILES string of the molecule is CCC(=O)Nc1cccc(C(=O)N2CCCC(C(=O)NCCN)C2)c1.Cl. The first-order valence-electron chi connectivity index (χ1n) is 8.72. The first-order valence-corrected chi connectivity index (χ1v) is 8.72. The molecule has 1 aromatic carbocycles. The Bertz CT molecular complexity index is 639. The minimum absolute atomic E-state index is 0. The van der Waals surface area contributed by atoms with Crippen LogP contribution in [0, 0.1) is 5.92 Å². The molecule has 1 heterocycles. The summed E-state index contributed by atoms with van der Waals surface area (Å²) in [6.45, 7) is 3.65. The second-order valence-electron chi connectivity index (χ2n) is 6.15. The first-order chi connectivity index (χ1) is 12.0. The summed E-state index contributed by atoms with van der Waals surface area (Å²) in [7, 11) is 0. The fourth-order valence-corrected chi connectivity index (χ4v) is 2.88. The van der Waals surface area contributed by atoms with E-state index < -0.39 is 0 Å². The highest BCUT2D eigenvalue weighted by molar-refractivity contribution is 5.97. The molecule has 0 bridgehead atoms. The minimum atomic E-state index is -0.202. The maximum Gasteiger partial charge on any atom is 0.253 e. The molecule has 1 fully saturated rings. The average molecular weight is 383 g/mol. The molecule has 7 nitrogen and oxygen atoms in total. The summed E-state index contributed by atoms with van der Waals surface area (Å²) in [5.41, 5.74) is 6.52. The molecule has 26 heavy (non-hydrogen) atoms. The van der Waals surface area contributed by atoms with Crippen molar-refractivity contribution in [1.29, 1.82) is 0 Å². The van der Waals surface area contributed by atoms with E-state index in [1.54, 1.807) is 36.1 Å². The third-order valence-electron chi connectivity index (χ3n) is 4.24. The predicted octanol–water partition coefficient (Wildman–Crippen LogP) is 1.38. The quantitative estimate of drug-likeness (QED) is 0.691. The Balaban J connectivity index is 0.00000338. The van der Waals surface area contributed by atoms with E-state index in [0.717, 1.165) is 12.8 Å². The summed E-state index contributed by atoms with van der Waals surface area (Å²) in [4.78, 5) is 38.1. The van der Waals surface area contributed by atoms with E-state index in [1.807, 2.05) is 0 Å². The standard InChI is InChI=1S/C18H26N4O3.ClH/c1-2-16(23)21-15-7-3-5-13(11-15)18(25)22-10-4-6-14(12-22)17(24)20-9-8-19;/h3,5,7,11,14H,2,4,6,8-10,12,19H2,1H3,(H,20,24)(H,21,23);1H. The number of halogens is 1. The number of carbonyl (C=O) groups excluding carboxylic acids is 3. The molecule has 0 saturated carbocycles. The number of nitrogens with one attached hydrogen (secondary N) is 2. The highest BCUT2D eigenvalue weighted by Gasteiger charge is 2.28. The van der Waals surface area contributed by atoms with E-state index in [2.05, 4.69) is 10.6 Å². The highest BCUT2D eigenvalue weighted by Crippen LogP contribution is 2.20. The summed E-state index contributed by atoms with van der Waals surface area (Å²) < 4.78 is 0. The normalized spacial score (nSPS) is 16.4. The third-order valence-corrected chi connectivity index (χ3v) is 4.24. The average Bonchev–Trinajstić information content (AvgIpc) is 2.65. The fourth-order valence-electron chi connectivity index (χ4n) is 2.88. The fraction of sp³-hybridized carbons (Fsp3) is 0.500. The van der Waals surface area contributed by atoms with Crippen LogP contribution in [0.1, 0.15) is 36.5 Å². The van der Waals surface area contributed by atoms with Gasteiger partial charge in [0.05, 0.1) is 5.92 Å². The Kier molecular flexibility index (Phi) is 9.09. The monoisotopic (exact) mass is 382 g/mol. The molecule has 4 N–H and O–H groups in total. The van der Waals surface area contributed by atoms with E-state index in [4.69, 9.17) is 5.73 Å². The van der Waals surface area contributed by atoms with Crippen LogP contribution in [0.4, 0.5) is 5.69 Å². The van der Waals surface area contributed by atoms with Gasteiger partial charge in [0.15, 0.2) is 0 Å². The molecule has 1 aliphatic heterocycles. The van der Waals surface area contributed by atoms with Crippen LogP contribution in [0.25, 0.3) is 0 Å². The lowest BCUT2D eigenvalue weighted by Crippen LogP contribution is -2.46. The van der Waals surface area contributed by atoms with Crippen molar-refractivity contribution in [3.05, 3.63) is 29.8 Å². The molecule has 2 rings (SSSR count). The lowest BCUT2D eigenvalue weighted by Gasteiger charge is -2.32. The number of amides is 3. The van der Waals surface area contributed by atoms with Crippen molar-refractivity contribution in [3.63, 3.8) is 0 Å². The van der Waals surface area contributed by atoms with Gasteiger partial charge in [0.25, 0.3) is 5.91 Å². The van der Waals surface area contributed by atoms with E-state index in [9.17, 15) is 14.4 Å². The molecule has 0 aromatic heterocycles. The van der Waals surface area contributed by atoms with Crippen LogP contribution in [0.2, 0.25) is 0 Å².